The third kappa shape index (κ3) is 2.28. The molecule has 3 nitrogen and oxygen atoms in total. The standard InChI is InChI=1S/C18H26N2O/c1-13(2)18(10-11-19-12-18)17(21)20(3)16-9-8-14-6-4-5-7-15(14)16/h4-7,13,16,19H,8-12H2,1-3H3. The number of rotatable bonds is 3. The Balaban J connectivity index is 1.86. The molecule has 2 aliphatic rings. The van der Waals surface area contributed by atoms with E-state index >= 15 is 0 Å². The molecule has 0 aromatic heterocycles. The van der Waals surface area contributed by atoms with Gasteiger partial charge in [-0.2, -0.15) is 0 Å². The highest BCUT2D eigenvalue weighted by Gasteiger charge is 2.47. The van der Waals surface area contributed by atoms with Gasteiger partial charge in [0.2, 0.25) is 5.91 Å². The van der Waals surface area contributed by atoms with Crippen molar-refractivity contribution in [2.45, 2.75) is 39.2 Å². The molecule has 1 heterocycles. The molecule has 0 radical (unpaired) electrons. The molecule has 21 heavy (non-hydrogen) atoms. The lowest BCUT2D eigenvalue weighted by molar-refractivity contribution is -0.144. The van der Waals surface area contributed by atoms with Crippen molar-refractivity contribution in [3.8, 4) is 0 Å². The summed E-state index contributed by atoms with van der Waals surface area (Å²) in [5.74, 6) is 0.697. The van der Waals surface area contributed by atoms with Gasteiger partial charge >= 0.3 is 0 Å². The van der Waals surface area contributed by atoms with Gasteiger partial charge in [0, 0.05) is 13.6 Å². The minimum absolute atomic E-state index is 0.216. The Bertz CT molecular complexity index is 532. The molecule has 1 saturated heterocycles. The number of hydrogen-bond acceptors (Lipinski definition) is 2. The Morgan fingerprint density at radius 1 is 1.38 bits per heavy atom. The Labute approximate surface area is 127 Å². The minimum Gasteiger partial charge on any atom is -0.338 e. The first-order chi connectivity index (χ1) is 10.1. The summed E-state index contributed by atoms with van der Waals surface area (Å²) < 4.78 is 0. The zero-order valence-corrected chi connectivity index (χ0v) is 13.4. The van der Waals surface area contributed by atoms with Gasteiger partial charge in [0.05, 0.1) is 11.5 Å². The summed E-state index contributed by atoms with van der Waals surface area (Å²) >= 11 is 0. The van der Waals surface area contributed by atoms with E-state index in [0.717, 1.165) is 32.4 Å². The molecule has 1 N–H and O–H groups in total. The third-order valence-corrected chi connectivity index (χ3v) is 5.61. The van der Waals surface area contributed by atoms with Crippen molar-refractivity contribution in [1.29, 1.82) is 0 Å². The predicted molar refractivity (Wildman–Crippen MR) is 85.0 cm³/mol. The second-order valence-electron chi connectivity index (χ2n) is 6.91. The van der Waals surface area contributed by atoms with Crippen molar-refractivity contribution < 1.29 is 4.79 Å². The Morgan fingerprint density at radius 3 is 2.81 bits per heavy atom. The van der Waals surface area contributed by atoms with Crippen molar-refractivity contribution in [3.63, 3.8) is 0 Å². The van der Waals surface area contributed by atoms with E-state index in [-0.39, 0.29) is 11.5 Å². The van der Waals surface area contributed by atoms with E-state index in [1.807, 2.05) is 11.9 Å². The normalized spacial score (nSPS) is 27.9. The van der Waals surface area contributed by atoms with Crippen LogP contribution in [0.15, 0.2) is 24.3 Å². The van der Waals surface area contributed by atoms with Gasteiger partial charge in [0.1, 0.15) is 0 Å². The summed E-state index contributed by atoms with van der Waals surface area (Å²) in [6.07, 6.45) is 3.11. The monoisotopic (exact) mass is 286 g/mol. The van der Waals surface area contributed by atoms with Crippen molar-refractivity contribution in [1.82, 2.24) is 10.2 Å². The fourth-order valence-electron chi connectivity index (χ4n) is 4.06. The molecule has 0 spiro atoms. The van der Waals surface area contributed by atoms with E-state index in [1.165, 1.54) is 11.1 Å². The number of aryl methyl sites for hydroxylation is 1. The number of amides is 1. The molecule has 3 heteroatoms. The van der Waals surface area contributed by atoms with Crippen LogP contribution in [0.3, 0.4) is 0 Å². The molecule has 1 fully saturated rings. The van der Waals surface area contributed by atoms with Crippen molar-refractivity contribution in [2.75, 3.05) is 20.1 Å². The number of carbonyl (C=O) groups excluding carboxylic acids is 1. The highest BCUT2D eigenvalue weighted by Crippen LogP contribution is 2.41. The van der Waals surface area contributed by atoms with Crippen LogP contribution in [0.4, 0.5) is 0 Å². The molecule has 0 saturated carbocycles. The van der Waals surface area contributed by atoms with Crippen LogP contribution in [0, 0.1) is 11.3 Å². The van der Waals surface area contributed by atoms with Gasteiger partial charge in [-0.15, -0.1) is 0 Å². The molecule has 1 amide bonds. The lowest BCUT2D eigenvalue weighted by Crippen LogP contribution is -2.47. The minimum atomic E-state index is -0.216. The first-order valence-corrected chi connectivity index (χ1v) is 8.12. The molecule has 2 atom stereocenters. The quantitative estimate of drug-likeness (QED) is 0.926. The van der Waals surface area contributed by atoms with Gasteiger partial charge in [0.25, 0.3) is 0 Å². The molecule has 1 aromatic rings. The van der Waals surface area contributed by atoms with E-state index in [0.29, 0.717) is 11.8 Å². The van der Waals surface area contributed by atoms with Crippen LogP contribution in [-0.2, 0) is 11.2 Å². The largest absolute Gasteiger partial charge is 0.338 e. The fraction of sp³-hybridized carbons (Fsp3) is 0.611. The molecule has 0 bridgehead atoms. The summed E-state index contributed by atoms with van der Waals surface area (Å²) in [6, 6.07) is 8.82. The fourth-order valence-corrected chi connectivity index (χ4v) is 4.06. The van der Waals surface area contributed by atoms with E-state index in [2.05, 4.69) is 43.4 Å². The number of nitrogens with zero attached hydrogens (tertiary/aromatic N) is 1. The van der Waals surface area contributed by atoms with Gasteiger partial charge in [-0.25, -0.2) is 0 Å². The van der Waals surface area contributed by atoms with Gasteiger partial charge < -0.3 is 10.2 Å². The average molecular weight is 286 g/mol. The molecule has 1 aliphatic carbocycles. The highest BCUT2D eigenvalue weighted by atomic mass is 16.2. The molecule has 2 unspecified atom stereocenters. The smallest absolute Gasteiger partial charge is 0.230 e. The average Bonchev–Trinajstić information content (AvgIpc) is 3.13. The first kappa shape index (κ1) is 14.6. The lowest BCUT2D eigenvalue weighted by Gasteiger charge is -2.38. The van der Waals surface area contributed by atoms with Gasteiger partial charge in [-0.1, -0.05) is 38.1 Å². The zero-order valence-electron chi connectivity index (χ0n) is 13.4. The number of carbonyl (C=O) groups is 1. The molecular weight excluding hydrogens is 260 g/mol. The summed E-state index contributed by atoms with van der Waals surface area (Å²) in [4.78, 5) is 15.2. The highest BCUT2D eigenvalue weighted by molar-refractivity contribution is 5.84. The van der Waals surface area contributed by atoms with E-state index < -0.39 is 0 Å². The van der Waals surface area contributed by atoms with Crippen LogP contribution in [-0.4, -0.2) is 30.9 Å². The number of benzene rings is 1. The van der Waals surface area contributed by atoms with Crippen LogP contribution >= 0.6 is 0 Å². The Hall–Kier alpha value is -1.35. The lowest BCUT2D eigenvalue weighted by atomic mass is 9.75. The van der Waals surface area contributed by atoms with Crippen LogP contribution in [0.5, 0.6) is 0 Å². The summed E-state index contributed by atoms with van der Waals surface area (Å²) in [7, 11) is 2.00. The van der Waals surface area contributed by atoms with E-state index in [4.69, 9.17) is 0 Å². The van der Waals surface area contributed by atoms with Crippen LogP contribution < -0.4 is 5.32 Å². The zero-order chi connectivity index (χ0) is 15.0. The summed E-state index contributed by atoms with van der Waals surface area (Å²) in [5, 5.41) is 3.39. The summed E-state index contributed by atoms with van der Waals surface area (Å²) in [5.41, 5.74) is 2.54. The maximum absolute atomic E-state index is 13.2. The van der Waals surface area contributed by atoms with Gasteiger partial charge in [-0.05, 0) is 42.9 Å². The van der Waals surface area contributed by atoms with Crippen LogP contribution in [0.2, 0.25) is 0 Å². The SMILES string of the molecule is CC(C)C1(C(=O)N(C)C2CCc3ccccc32)CCNC1. The molecular formula is C18H26N2O. The second-order valence-corrected chi connectivity index (χ2v) is 6.91. The first-order valence-electron chi connectivity index (χ1n) is 8.12. The maximum atomic E-state index is 13.2. The van der Waals surface area contributed by atoms with E-state index in [1.54, 1.807) is 0 Å². The van der Waals surface area contributed by atoms with Crippen LogP contribution in [0.25, 0.3) is 0 Å². The van der Waals surface area contributed by atoms with Crippen molar-refractivity contribution in [2.24, 2.45) is 11.3 Å². The second kappa shape index (κ2) is 5.45. The molecule has 3 rings (SSSR count). The van der Waals surface area contributed by atoms with Gasteiger partial charge in [0.15, 0.2) is 0 Å². The third-order valence-electron chi connectivity index (χ3n) is 5.61. The Morgan fingerprint density at radius 2 is 2.14 bits per heavy atom. The van der Waals surface area contributed by atoms with Gasteiger partial charge in [-0.3, -0.25) is 4.79 Å². The Kier molecular flexibility index (Phi) is 3.78. The number of hydrogen-bond donors (Lipinski definition) is 1. The topological polar surface area (TPSA) is 32.3 Å². The van der Waals surface area contributed by atoms with Crippen molar-refractivity contribution >= 4 is 5.91 Å². The number of nitrogens with one attached hydrogen (secondary N) is 1. The predicted octanol–water partition coefficient (Wildman–Crippen LogP) is 2.77. The van der Waals surface area contributed by atoms with Crippen LogP contribution in [0.1, 0.15) is 43.9 Å². The molecule has 1 aliphatic heterocycles. The number of fused-ring (bicyclic) bond motifs is 1. The summed E-state index contributed by atoms with van der Waals surface area (Å²) in [6.45, 7) is 6.14. The van der Waals surface area contributed by atoms with Crippen molar-refractivity contribution in [3.05, 3.63) is 35.4 Å². The molecule has 1 aromatic carbocycles. The van der Waals surface area contributed by atoms with E-state index in [9.17, 15) is 4.79 Å². The molecule has 114 valence electrons. The maximum Gasteiger partial charge on any atom is 0.230 e.